The quantitative estimate of drug-likeness (QED) is 0.648. The minimum Gasteiger partial charge on any atom is -0.472 e. The molecule has 0 fully saturated rings. The number of hydrogen-bond donors (Lipinski definition) is 0. The lowest BCUT2D eigenvalue weighted by Gasteiger charge is -1.98. The molecule has 0 aliphatic rings. The molecule has 0 bridgehead atoms. The molecule has 3 aromatic rings. The van der Waals surface area contributed by atoms with Crippen molar-refractivity contribution in [1.29, 1.82) is 0 Å². The maximum absolute atomic E-state index is 5.34. The van der Waals surface area contributed by atoms with Gasteiger partial charge in [0.1, 0.15) is 0 Å². The Morgan fingerprint density at radius 1 is 1.17 bits per heavy atom. The monoisotopic (exact) mass is 305 g/mol. The van der Waals surface area contributed by atoms with Crippen molar-refractivity contribution in [2.75, 3.05) is 0 Å². The normalized spacial score (nSPS) is 12.0. The van der Waals surface area contributed by atoms with Gasteiger partial charge in [-0.05, 0) is 24.6 Å². The molecule has 23 heavy (non-hydrogen) atoms. The highest BCUT2D eigenvalue weighted by molar-refractivity contribution is 5.68. The molecular formula is C18H15N3O2. The Hall–Kier alpha value is -3.21. The molecule has 0 spiro atoms. The van der Waals surface area contributed by atoms with Crippen LogP contribution in [-0.2, 0) is 0 Å². The maximum atomic E-state index is 5.34. The van der Waals surface area contributed by atoms with Gasteiger partial charge in [0, 0.05) is 23.5 Å². The Balaban J connectivity index is 1.89. The number of hydrogen-bond acceptors (Lipinski definition) is 5. The van der Waals surface area contributed by atoms with E-state index in [-0.39, 0.29) is 0 Å². The van der Waals surface area contributed by atoms with Crippen LogP contribution in [0.2, 0.25) is 0 Å². The Bertz CT molecular complexity index is 858. The van der Waals surface area contributed by atoms with E-state index in [9.17, 15) is 0 Å². The summed E-state index contributed by atoms with van der Waals surface area (Å²) in [6, 6.07) is 3.81. The third-order valence-electron chi connectivity index (χ3n) is 3.21. The van der Waals surface area contributed by atoms with Gasteiger partial charge in [0.25, 0.3) is 5.89 Å². The fourth-order valence-electron chi connectivity index (χ4n) is 2.00. The van der Waals surface area contributed by atoms with E-state index in [4.69, 9.17) is 8.94 Å². The van der Waals surface area contributed by atoms with Crippen LogP contribution >= 0.6 is 0 Å². The summed E-state index contributed by atoms with van der Waals surface area (Å²) in [5.41, 5.74) is 3.54. The van der Waals surface area contributed by atoms with Gasteiger partial charge >= 0.3 is 0 Å². The molecule has 3 aromatic heterocycles. The molecule has 0 aromatic carbocycles. The van der Waals surface area contributed by atoms with Crippen LogP contribution in [-0.4, -0.2) is 15.1 Å². The number of rotatable bonds is 5. The van der Waals surface area contributed by atoms with Crippen LogP contribution in [0, 0.1) is 0 Å². The zero-order valence-electron chi connectivity index (χ0n) is 12.6. The highest BCUT2D eigenvalue weighted by Crippen LogP contribution is 2.25. The first-order valence-corrected chi connectivity index (χ1v) is 7.06. The lowest BCUT2D eigenvalue weighted by molar-refractivity contribution is 0.428. The predicted octanol–water partition coefficient (Wildman–Crippen LogP) is 4.54. The lowest BCUT2D eigenvalue weighted by atomic mass is 10.1. The fourth-order valence-corrected chi connectivity index (χ4v) is 2.00. The van der Waals surface area contributed by atoms with Gasteiger partial charge < -0.3 is 8.94 Å². The van der Waals surface area contributed by atoms with Gasteiger partial charge in [-0.15, -0.1) is 0 Å². The minimum atomic E-state index is 0.429. The van der Waals surface area contributed by atoms with Gasteiger partial charge in [0.05, 0.1) is 18.1 Å². The molecule has 0 aliphatic heterocycles. The summed E-state index contributed by atoms with van der Waals surface area (Å²) in [5.74, 6) is 0.973. The summed E-state index contributed by atoms with van der Waals surface area (Å²) >= 11 is 0. The molecule has 114 valence electrons. The van der Waals surface area contributed by atoms with Crippen LogP contribution in [0.5, 0.6) is 0 Å². The standard InChI is InChI=1S/C18H15N3O2/c1-3-4-5-6-13(2)17-20-18(23-21-17)16-9-15(10-19-11-16)14-7-8-22-12-14/h3-12H,1H2,2H3/b5-4-,13-6+. The summed E-state index contributed by atoms with van der Waals surface area (Å²) in [6.45, 7) is 5.54. The van der Waals surface area contributed by atoms with Crippen molar-refractivity contribution in [3.05, 3.63) is 73.8 Å². The van der Waals surface area contributed by atoms with E-state index in [1.54, 1.807) is 31.0 Å². The van der Waals surface area contributed by atoms with Gasteiger partial charge in [-0.25, -0.2) is 0 Å². The third kappa shape index (κ3) is 3.35. The van der Waals surface area contributed by atoms with Crippen LogP contribution in [0.3, 0.4) is 0 Å². The van der Waals surface area contributed by atoms with Crippen molar-refractivity contribution < 1.29 is 8.94 Å². The molecule has 0 radical (unpaired) electrons. The van der Waals surface area contributed by atoms with Gasteiger partial charge in [-0.1, -0.05) is 36.0 Å². The minimum absolute atomic E-state index is 0.429. The average molecular weight is 305 g/mol. The highest BCUT2D eigenvalue weighted by Gasteiger charge is 2.11. The number of furan rings is 1. The average Bonchev–Trinajstić information content (AvgIpc) is 3.27. The molecule has 0 amide bonds. The molecular weight excluding hydrogens is 290 g/mol. The van der Waals surface area contributed by atoms with Crippen LogP contribution in [0.25, 0.3) is 28.2 Å². The van der Waals surface area contributed by atoms with Crippen molar-refractivity contribution in [1.82, 2.24) is 15.1 Å². The van der Waals surface area contributed by atoms with E-state index in [1.807, 2.05) is 37.3 Å². The van der Waals surface area contributed by atoms with Gasteiger partial charge in [-0.2, -0.15) is 4.98 Å². The Morgan fingerprint density at radius 3 is 2.83 bits per heavy atom. The smallest absolute Gasteiger partial charge is 0.259 e. The molecule has 0 atom stereocenters. The molecule has 0 aliphatic carbocycles. The van der Waals surface area contributed by atoms with Gasteiger partial charge in [0.15, 0.2) is 5.82 Å². The second kappa shape index (κ2) is 6.70. The molecule has 0 N–H and O–H groups in total. The van der Waals surface area contributed by atoms with Crippen LogP contribution in [0.4, 0.5) is 0 Å². The zero-order chi connectivity index (χ0) is 16.1. The van der Waals surface area contributed by atoms with E-state index in [0.29, 0.717) is 11.7 Å². The Kier molecular flexibility index (Phi) is 4.29. The van der Waals surface area contributed by atoms with E-state index in [2.05, 4.69) is 21.7 Å². The topological polar surface area (TPSA) is 65.0 Å². The Labute approximate surface area is 133 Å². The molecule has 0 saturated carbocycles. The first-order valence-electron chi connectivity index (χ1n) is 7.06. The van der Waals surface area contributed by atoms with E-state index >= 15 is 0 Å². The summed E-state index contributed by atoms with van der Waals surface area (Å²) in [7, 11) is 0. The summed E-state index contributed by atoms with van der Waals surface area (Å²) < 4.78 is 10.4. The number of pyridine rings is 1. The van der Waals surface area contributed by atoms with Crippen molar-refractivity contribution in [3.63, 3.8) is 0 Å². The van der Waals surface area contributed by atoms with Gasteiger partial charge in [-0.3, -0.25) is 4.98 Å². The van der Waals surface area contributed by atoms with Crippen LogP contribution < -0.4 is 0 Å². The highest BCUT2D eigenvalue weighted by atomic mass is 16.5. The zero-order valence-corrected chi connectivity index (χ0v) is 12.6. The second-order valence-corrected chi connectivity index (χ2v) is 4.87. The van der Waals surface area contributed by atoms with E-state index in [0.717, 1.165) is 22.3 Å². The molecule has 3 heterocycles. The van der Waals surface area contributed by atoms with Crippen molar-refractivity contribution >= 4 is 5.57 Å². The number of nitrogens with zero attached hydrogens (tertiary/aromatic N) is 3. The first kappa shape index (κ1) is 14.7. The maximum Gasteiger partial charge on any atom is 0.259 e. The van der Waals surface area contributed by atoms with Gasteiger partial charge in [0.2, 0.25) is 0 Å². The molecule has 0 unspecified atom stereocenters. The van der Waals surface area contributed by atoms with E-state index < -0.39 is 0 Å². The lowest BCUT2D eigenvalue weighted by Crippen LogP contribution is -1.85. The number of allylic oxidation sites excluding steroid dienone is 5. The Morgan fingerprint density at radius 2 is 2.04 bits per heavy atom. The molecule has 0 saturated heterocycles. The third-order valence-corrected chi connectivity index (χ3v) is 3.21. The van der Waals surface area contributed by atoms with Crippen molar-refractivity contribution in [3.8, 4) is 22.6 Å². The summed E-state index contributed by atoms with van der Waals surface area (Å²) in [4.78, 5) is 8.64. The van der Waals surface area contributed by atoms with Crippen molar-refractivity contribution in [2.24, 2.45) is 0 Å². The molecule has 5 heteroatoms. The summed E-state index contributed by atoms with van der Waals surface area (Å²) in [5, 5.41) is 4.00. The SMILES string of the molecule is C=C/C=C\C=C(/C)c1noc(-c2cncc(-c3ccoc3)c2)n1. The molecule has 3 rings (SSSR count). The number of aromatic nitrogens is 3. The summed E-state index contributed by atoms with van der Waals surface area (Å²) in [6.07, 6.45) is 14.1. The van der Waals surface area contributed by atoms with Crippen LogP contribution in [0.15, 0.2) is 76.9 Å². The van der Waals surface area contributed by atoms with Crippen LogP contribution in [0.1, 0.15) is 12.7 Å². The fraction of sp³-hybridized carbons (Fsp3) is 0.0556. The first-order chi connectivity index (χ1) is 11.3. The molecule has 5 nitrogen and oxygen atoms in total. The predicted molar refractivity (Wildman–Crippen MR) is 88.2 cm³/mol. The van der Waals surface area contributed by atoms with E-state index in [1.165, 1.54) is 0 Å². The largest absolute Gasteiger partial charge is 0.472 e. The second-order valence-electron chi connectivity index (χ2n) is 4.87. The van der Waals surface area contributed by atoms with Crippen molar-refractivity contribution in [2.45, 2.75) is 6.92 Å².